The second-order valence-electron chi connectivity index (χ2n) is 6.57. The number of aryl methyl sites for hydroxylation is 1. The van der Waals surface area contributed by atoms with E-state index in [9.17, 15) is 13.2 Å². The van der Waals surface area contributed by atoms with Crippen molar-refractivity contribution >= 4 is 27.4 Å². The summed E-state index contributed by atoms with van der Waals surface area (Å²) in [6, 6.07) is 15.1. The summed E-state index contributed by atoms with van der Waals surface area (Å²) in [6.07, 6.45) is 1.79. The Morgan fingerprint density at radius 1 is 1.14 bits per heavy atom. The van der Waals surface area contributed by atoms with Crippen molar-refractivity contribution < 1.29 is 18.3 Å². The predicted molar refractivity (Wildman–Crippen MR) is 113 cm³/mol. The molecule has 29 heavy (non-hydrogen) atoms. The molecule has 0 radical (unpaired) electrons. The van der Waals surface area contributed by atoms with Gasteiger partial charge in [0.2, 0.25) is 0 Å². The molecule has 0 bridgehead atoms. The van der Waals surface area contributed by atoms with Crippen molar-refractivity contribution in [2.75, 3.05) is 10.0 Å². The summed E-state index contributed by atoms with van der Waals surface area (Å²) in [5, 5.41) is 11.0. The van der Waals surface area contributed by atoms with E-state index < -0.39 is 16.0 Å². The molecule has 1 aromatic heterocycles. The number of sulfonamides is 1. The third kappa shape index (κ3) is 4.43. The largest absolute Gasteiger partial charge is 0.481 e. The van der Waals surface area contributed by atoms with Gasteiger partial charge in [-0.3, -0.25) is 9.52 Å². The maximum absolute atomic E-state index is 12.9. The number of benzene rings is 2. The number of nitrogens with one attached hydrogen (secondary N) is 3. The fraction of sp³-hybridized carbons (Fsp3) is 0.190. The average Bonchev–Trinajstić information content (AvgIpc) is 3.16. The van der Waals surface area contributed by atoms with E-state index in [4.69, 9.17) is 5.11 Å². The van der Waals surface area contributed by atoms with Crippen molar-refractivity contribution in [1.82, 2.24) is 4.98 Å². The van der Waals surface area contributed by atoms with Gasteiger partial charge in [-0.15, -0.1) is 0 Å². The van der Waals surface area contributed by atoms with Gasteiger partial charge in [-0.2, -0.15) is 0 Å². The monoisotopic (exact) mass is 413 g/mol. The molecule has 0 saturated carbocycles. The molecule has 4 rings (SSSR count). The molecule has 1 aliphatic rings. The van der Waals surface area contributed by atoms with Gasteiger partial charge in [0.05, 0.1) is 12.2 Å². The number of carboxylic acid groups (broad SMARTS) is 1. The van der Waals surface area contributed by atoms with Crippen LogP contribution in [0, 0.1) is 6.92 Å². The van der Waals surface area contributed by atoms with Crippen LogP contribution in [0.4, 0.5) is 11.4 Å². The van der Waals surface area contributed by atoms with E-state index in [0.29, 0.717) is 12.2 Å². The molecule has 3 aromatic rings. The number of hydrogen-bond acceptors (Lipinski definition) is 4. The summed E-state index contributed by atoms with van der Waals surface area (Å²) in [6.45, 7) is 4.05. The second-order valence-corrected chi connectivity index (χ2v) is 8.22. The van der Waals surface area contributed by atoms with Crippen LogP contribution in [0.25, 0.3) is 11.1 Å². The number of rotatable bonds is 4. The Morgan fingerprint density at radius 3 is 2.48 bits per heavy atom. The summed E-state index contributed by atoms with van der Waals surface area (Å²) in [7, 11) is -3.69. The molecule has 4 N–H and O–H groups in total. The van der Waals surface area contributed by atoms with Crippen molar-refractivity contribution in [3.8, 4) is 11.1 Å². The molecule has 152 valence electrons. The number of aromatic nitrogens is 1. The first-order valence-electron chi connectivity index (χ1n) is 9.17. The smallest absolute Gasteiger partial charge is 0.303 e. The van der Waals surface area contributed by atoms with Gasteiger partial charge in [-0.1, -0.05) is 43.3 Å². The third-order valence-corrected chi connectivity index (χ3v) is 5.95. The Labute approximate surface area is 169 Å². The van der Waals surface area contributed by atoms with Gasteiger partial charge >= 0.3 is 5.97 Å². The first kappa shape index (κ1) is 20.5. The molecule has 0 saturated heterocycles. The Morgan fingerprint density at radius 2 is 1.79 bits per heavy atom. The number of carbonyl (C=O) groups is 1. The molecular formula is C21H23N3O4S. The summed E-state index contributed by atoms with van der Waals surface area (Å²) >= 11 is 0. The number of H-pyrrole nitrogens is 1. The van der Waals surface area contributed by atoms with E-state index in [-0.39, 0.29) is 11.3 Å². The molecule has 1 aliphatic heterocycles. The Balaban J connectivity index is 0.000000431. The quantitative estimate of drug-likeness (QED) is 0.512. The Bertz CT molecular complexity index is 1140. The van der Waals surface area contributed by atoms with E-state index in [1.54, 1.807) is 19.2 Å². The number of aromatic amines is 1. The van der Waals surface area contributed by atoms with Crippen molar-refractivity contribution in [3.63, 3.8) is 0 Å². The number of aliphatic carboxylic acids is 1. The van der Waals surface area contributed by atoms with Crippen LogP contribution in [0.1, 0.15) is 24.6 Å². The van der Waals surface area contributed by atoms with Crippen LogP contribution in [-0.4, -0.2) is 24.5 Å². The zero-order valence-corrected chi connectivity index (χ0v) is 17.0. The summed E-state index contributed by atoms with van der Waals surface area (Å²) in [5.74, 6) is -0.745. The zero-order valence-electron chi connectivity index (χ0n) is 16.2. The standard InChI is InChI=1S/C18H17N3O2S.C3H6O2/c1-12-6-2-4-8-14(12)21-24(22,23)17-11-20-16-10-19-15-9-5-3-7-13(15)18(16)17;1-2-3(4)5/h2-9,11,19-21H,10H2,1H3;2H2,1H3,(H,4,5). The lowest BCUT2D eigenvalue weighted by Crippen LogP contribution is -2.15. The maximum Gasteiger partial charge on any atom is 0.303 e. The Hall–Kier alpha value is -3.26. The van der Waals surface area contributed by atoms with Crippen molar-refractivity contribution in [1.29, 1.82) is 0 Å². The molecule has 0 unspecified atom stereocenters. The SMILES string of the molecule is CCC(=O)O.Cc1ccccc1NS(=O)(=O)c1c[nH]c2c1-c1ccccc1NC2. The van der Waals surface area contributed by atoms with Crippen LogP contribution in [0.15, 0.2) is 59.6 Å². The van der Waals surface area contributed by atoms with Gasteiger partial charge < -0.3 is 15.4 Å². The lowest BCUT2D eigenvalue weighted by Gasteiger charge is -2.20. The van der Waals surface area contributed by atoms with E-state index in [1.807, 2.05) is 49.4 Å². The summed E-state index contributed by atoms with van der Waals surface area (Å²) < 4.78 is 28.6. The second kappa shape index (κ2) is 8.40. The lowest BCUT2D eigenvalue weighted by molar-refractivity contribution is -0.136. The number of anilines is 2. The van der Waals surface area contributed by atoms with Gasteiger partial charge in [0, 0.05) is 35.1 Å². The highest BCUT2D eigenvalue weighted by Crippen LogP contribution is 2.39. The predicted octanol–water partition coefficient (Wildman–Crippen LogP) is 4.20. The molecule has 7 nitrogen and oxygen atoms in total. The molecule has 0 spiro atoms. The minimum Gasteiger partial charge on any atom is -0.481 e. The van der Waals surface area contributed by atoms with Crippen LogP contribution in [0.5, 0.6) is 0 Å². The van der Waals surface area contributed by atoms with Gasteiger partial charge in [0.25, 0.3) is 10.0 Å². The lowest BCUT2D eigenvalue weighted by atomic mass is 10.0. The number of carboxylic acids is 1. The number of para-hydroxylation sites is 2. The van der Waals surface area contributed by atoms with Gasteiger partial charge in [0.15, 0.2) is 0 Å². The molecule has 8 heteroatoms. The molecule has 0 fully saturated rings. The van der Waals surface area contributed by atoms with Gasteiger partial charge in [0.1, 0.15) is 4.90 Å². The van der Waals surface area contributed by atoms with Gasteiger partial charge in [-0.25, -0.2) is 8.42 Å². The summed E-state index contributed by atoms with van der Waals surface area (Å²) in [5.41, 5.74) is 4.92. The van der Waals surface area contributed by atoms with E-state index >= 15 is 0 Å². The number of hydrogen-bond donors (Lipinski definition) is 4. The zero-order chi connectivity index (χ0) is 21.0. The highest BCUT2D eigenvalue weighted by molar-refractivity contribution is 7.92. The van der Waals surface area contributed by atoms with E-state index in [2.05, 4.69) is 15.0 Å². The highest BCUT2D eigenvalue weighted by atomic mass is 32.2. The average molecular weight is 413 g/mol. The van der Waals surface area contributed by atoms with Gasteiger partial charge in [-0.05, 0) is 24.6 Å². The van der Waals surface area contributed by atoms with Crippen LogP contribution >= 0.6 is 0 Å². The number of fused-ring (bicyclic) bond motifs is 3. The first-order chi connectivity index (χ1) is 13.8. The van der Waals surface area contributed by atoms with E-state index in [0.717, 1.165) is 28.1 Å². The van der Waals surface area contributed by atoms with Crippen LogP contribution < -0.4 is 10.0 Å². The molecular weight excluding hydrogens is 390 g/mol. The normalized spacial score (nSPS) is 11.9. The van der Waals surface area contributed by atoms with Crippen LogP contribution in [-0.2, 0) is 21.4 Å². The van der Waals surface area contributed by atoms with Crippen molar-refractivity contribution in [2.24, 2.45) is 0 Å². The molecule has 0 atom stereocenters. The molecule has 2 heterocycles. The third-order valence-electron chi connectivity index (χ3n) is 4.56. The minimum atomic E-state index is -3.69. The molecule has 0 aliphatic carbocycles. The molecule has 2 aromatic carbocycles. The summed E-state index contributed by atoms with van der Waals surface area (Å²) in [4.78, 5) is 12.7. The fourth-order valence-corrected chi connectivity index (χ4v) is 4.36. The minimum absolute atomic E-state index is 0.222. The Kier molecular flexibility index (Phi) is 5.93. The van der Waals surface area contributed by atoms with Crippen molar-refractivity contribution in [3.05, 3.63) is 66.0 Å². The maximum atomic E-state index is 12.9. The first-order valence-corrected chi connectivity index (χ1v) is 10.7. The highest BCUT2D eigenvalue weighted by Gasteiger charge is 2.27. The van der Waals surface area contributed by atoms with E-state index in [1.165, 1.54) is 0 Å². The molecule has 0 amide bonds. The van der Waals surface area contributed by atoms with Crippen LogP contribution in [0.2, 0.25) is 0 Å². The van der Waals surface area contributed by atoms with Crippen molar-refractivity contribution in [2.45, 2.75) is 31.7 Å². The van der Waals surface area contributed by atoms with Crippen LogP contribution in [0.3, 0.4) is 0 Å². The topological polar surface area (TPSA) is 111 Å². The fourth-order valence-electron chi connectivity index (χ4n) is 3.02.